The number of hydrogen-bond donors (Lipinski definition) is 2. The molecular weight excluding hydrogens is 396 g/mol. The van der Waals surface area contributed by atoms with Gasteiger partial charge in [0.1, 0.15) is 5.69 Å². The number of anilines is 1. The van der Waals surface area contributed by atoms with E-state index in [1.807, 2.05) is 5.38 Å². The van der Waals surface area contributed by atoms with Crippen molar-refractivity contribution in [3.63, 3.8) is 0 Å². The number of sulfonamides is 1. The lowest BCUT2D eigenvalue weighted by Gasteiger charge is -2.09. The van der Waals surface area contributed by atoms with E-state index in [0.717, 1.165) is 11.3 Å². The van der Waals surface area contributed by atoms with Crippen molar-refractivity contribution in [2.75, 3.05) is 12.4 Å². The molecule has 1 amide bonds. The van der Waals surface area contributed by atoms with Crippen LogP contribution in [0.4, 0.5) is 5.69 Å². The highest BCUT2D eigenvalue weighted by Gasteiger charge is 2.17. The Morgan fingerprint density at radius 1 is 1.15 bits per heavy atom. The first-order chi connectivity index (χ1) is 12.4. The van der Waals surface area contributed by atoms with Crippen molar-refractivity contribution in [3.8, 4) is 11.3 Å². The van der Waals surface area contributed by atoms with E-state index in [1.165, 1.54) is 36.8 Å². The molecule has 0 aliphatic rings. The average molecular weight is 409 g/mol. The van der Waals surface area contributed by atoms with E-state index in [4.69, 9.17) is 11.6 Å². The van der Waals surface area contributed by atoms with E-state index < -0.39 is 15.9 Å². The molecule has 0 spiro atoms. The number of halogens is 1. The number of nitrogens with one attached hydrogen (secondary N) is 2. The normalized spacial score (nSPS) is 11.3. The van der Waals surface area contributed by atoms with Gasteiger partial charge in [0.05, 0.1) is 15.5 Å². The highest BCUT2D eigenvalue weighted by Crippen LogP contribution is 2.23. The van der Waals surface area contributed by atoms with Gasteiger partial charge < -0.3 is 5.32 Å². The summed E-state index contributed by atoms with van der Waals surface area (Å²) in [5.41, 5.74) is 2.23. The summed E-state index contributed by atoms with van der Waals surface area (Å²) in [5, 5.41) is 8.65. The van der Waals surface area contributed by atoms with Crippen molar-refractivity contribution >= 4 is 44.8 Å². The molecule has 0 bridgehead atoms. The molecule has 10 heteroatoms. The number of hydrogen-bond acceptors (Lipinski definition) is 6. The summed E-state index contributed by atoms with van der Waals surface area (Å²) in [7, 11) is -2.38. The number of benzene rings is 2. The lowest BCUT2D eigenvalue weighted by molar-refractivity contribution is 0.102. The smallest absolute Gasteiger partial charge is 0.257 e. The second-order valence-corrected chi connectivity index (χ2v) is 8.07. The van der Waals surface area contributed by atoms with Crippen LogP contribution in [-0.2, 0) is 10.0 Å². The predicted octanol–water partition coefficient (Wildman–Crippen LogP) is 3.02. The largest absolute Gasteiger partial charge is 0.322 e. The van der Waals surface area contributed by atoms with E-state index in [1.54, 1.807) is 24.3 Å². The first-order valence-corrected chi connectivity index (χ1v) is 10.0. The van der Waals surface area contributed by atoms with Crippen LogP contribution in [0, 0.1) is 0 Å². The Kier molecular flexibility index (Phi) is 5.33. The Morgan fingerprint density at radius 3 is 2.50 bits per heavy atom. The van der Waals surface area contributed by atoms with Gasteiger partial charge in [0.2, 0.25) is 10.0 Å². The Morgan fingerprint density at radius 2 is 1.88 bits per heavy atom. The van der Waals surface area contributed by atoms with Crippen molar-refractivity contribution in [2.24, 2.45) is 0 Å². The fourth-order valence-corrected chi connectivity index (χ4v) is 3.60. The molecule has 0 aliphatic heterocycles. The van der Waals surface area contributed by atoms with Crippen molar-refractivity contribution in [1.29, 1.82) is 0 Å². The number of rotatable bonds is 5. The number of nitrogens with zero attached hydrogens (tertiary/aromatic N) is 2. The van der Waals surface area contributed by atoms with Gasteiger partial charge in [-0.1, -0.05) is 28.2 Å². The first-order valence-electron chi connectivity index (χ1n) is 7.32. The summed E-state index contributed by atoms with van der Waals surface area (Å²) >= 11 is 7.31. The Hall–Kier alpha value is -2.33. The van der Waals surface area contributed by atoms with E-state index in [-0.39, 0.29) is 15.5 Å². The van der Waals surface area contributed by atoms with E-state index in [2.05, 4.69) is 19.6 Å². The number of amides is 1. The van der Waals surface area contributed by atoms with Gasteiger partial charge in [-0.3, -0.25) is 4.79 Å². The zero-order valence-electron chi connectivity index (χ0n) is 13.4. The summed E-state index contributed by atoms with van der Waals surface area (Å²) in [5.74, 6) is -0.508. The van der Waals surface area contributed by atoms with Crippen LogP contribution in [0.5, 0.6) is 0 Å². The minimum atomic E-state index is -3.68. The molecule has 0 aliphatic carbocycles. The molecule has 1 aromatic heterocycles. The topological polar surface area (TPSA) is 101 Å². The van der Waals surface area contributed by atoms with Gasteiger partial charge in [-0.15, -0.1) is 5.10 Å². The minimum Gasteiger partial charge on any atom is -0.322 e. The molecule has 1 heterocycles. The Bertz CT molecular complexity index is 1040. The van der Waals surface area contributed by atoms with Crippen LogP contribution in [0.1, 0.15) is 10.4 Å². The molecule has 0 radical (unpaired) electrons. The highest BCUT2D eigenvalue weighted by molar-refractivity contribution is 7.89. The number of carbonyl (C=O) groups excluding carboxylic acids is 1. The SMILES string of the molecule is CNS(=O)(=O)c1ccc(Cl)c(C(=O)Nc2ccc(-c3csnn3)cc2)c1. The standard InChI is InChI=1S/C16H13ClN4O3S2/c1-18-26(23,24)12-6-7-14(17)13(8-12)16(22)19-11-4-2-10(3-5-11)15-9-25-21-20-15/h2-9,18H,1H3,(H,19,22). The van der Waals surface area contributed by atoms with Crippen LogP contribution in [0.2, 0.25) is 5.02 Å². The average Bonchev–Trinajstić information content (AvgIpc) is 3.17. The van der Waals surface area contributed by atoms with Crippen molar-refractivity contribution < 1.29 is 13.2 Å². The van der Waals surface area contributed by atoms with Gasteiger partial charge in [-0.25, -0.2) is 13.1 Å². The molecule has 0 atom stereocenters. The van der Waals surface area contributed by atoms with E-state index in [9.17, 15) is 13.2 Å². The third kappa shape index (κ3) is 3.91. The molecular formula is C16H13ClN4O3S2. The summed E-state index contributed by atoms with van der Waals surface area (Å²) in [4.78, 5) is 12.4. The lowest BCUT2D eigenvalue weighted by Crippen LogP contribution is -2.20. The summed E-state index contributed by atoms with van der Waals surface area (Å²) in [6.07, 6.45) is 0. The molecule has 3 aromatic rings. The van der Waals surface area contributed by atoms with Crippen LogP contribution < -0.4 is 10.0 Å². The van der Waals surface area contributed by atoms with Crippen LogP contribution in [0.25, 0.3) is 11.3 Å². The molecule has 2 aromatic carbocycles. The zero-order chi connectivity index (χ0) is 18.7. The number of aromatic nitrogens is 2. The molecule has 26 heavy (non-hydrogen) atoms. The van der Waals surface area contributed by atoms with Crippen molar-refractivity contribution in [1.82, 2.24) is 14.3 Å². The van der Waals surface area contributed by atoms with Gasteiger partial charge in [-0.2, -0.15) is 0 Å². The molecule has 0 saturated heterocycles. The van der Waals surface area contributed by atoms with Crippen LogP contribution >= 0.6 is 23.1 Å². The lowest BCUT2D eigenvalue weighted by atomic mass is 10.1. The zero-order valence-corrected chi connectivity index (χ0v) is 15.8. The van der Waals surface area contributed by atoms with Gasteiger partial charge in [-0.05, 0) is 48.9 Å². The summed E-state index contributed by atoms with van der Waals surface area (Å²) in [6.45, 7) is 0. The fourth-order valence-electron chi connectivity index (χ4n) is 2.18. The monoisotopic (exact) mass is 408 g/mol. The second-order valence-electron chi connectivity index (χ2n) is 5.17. The first kappa shape index (κ1) is 18.5. The summed E-state index contributed by atoms with van der Waals surface area (Å²) in [6, 6.07) is 11.0. The predicted molar refractivity (Wildman–Crippen MR) is 101 cm³/mol. The van der Waals surface area contributed by atoms with E-state index >= 15 is 0 Å². The Balaban J connectivity index is 1.83. The molecule has 134 valence electrons. The molecule has 3 rings (SSSR count). The fraction of sp³-hybridized carbons (Fsp3) is 0.0625. The quantitative estimate of drug-likeness (QED) is 0.675. The maximum Gasteiger partial charge on any atom is 0.257 e. The van der Waals surface area contributed by atoms with Gasteiger partial charge >= 0.3 is 0 Å². The molecule has 0 saturated carbocycles. The van der Waals surface area contributed by atoms with Crippen LogP contribution in [0.15, 0.2) is 52.7 Å². The third-order valence-electron chi connectivity index (χ3n) is 3.56. The van der Waals surface area contributed by atoms with E-state index in [0.29, 0.717) is 5.69 Å². The molecule has 2 N–H and O–H groups in total. The Labute approximate surface area is 159 Å². The molecule has 0 unspecified atom stereocenters. The van der Waals surface area contributed by atoms with Crippen LogP contribution in [-0.4, -0.2) is 31.0 Å². The van der Waals surface area contributed by atoms with Crippen LogP contribution in [0.3, 0.4) is 0 Å². The van der Waals surface area contributed by atoms with Crippen molar-refractivity contribution in [3.05, 3.63) is 58.4 Å². The third-order valence-corrected chi connectivity index (χ3v) is 5.81. The second kappa shape index (κ2) is 7.50. The highest BCUT2D eigenvalue weighted by atomic mass is 35.5. The maximum atomic E-state index is 12.5. The molecule has 7 nitrogen and oxygen atoms in total. The van der Waals surface area contributed by atoms with Gasteiger partial charge in [0.25, 0.3) is 5.91 Å². The summed E-state index contributed by atoms with van der Waals surface area (Å²) < 4.78 is 29.8. The minimum absolute atomic E-state index is 0.0408. The maximum absolute atomic E-state index is 12.5. The number of carbonyl (C=O) groups is 1. The van der Waals surface area contributed by atoms with Gasteiger partial charge in [0, 0.05) is 16.6 Å². The molecule has 0 fully saturated rings. The van der Waals surface area contributed by atoms with Crippen molar-refractivity contribution in [2.45, 2.75) is 4.90 Å². The van der Waals surface area contributed by atoms with Gasteiger partial charge in [0.15, 0.2) is 0 Å².